The maximum absolute atomic E-state index is 12.6. The highest BCUT2D eigenvalue weighted by molar-refractivity contribution is 6.03. The fourth-order valence-corrected chi connectivity index (χ4v) is 2.82. The lowest BCUT2D eigenvalue weighted by molar-refractivity contribution is -0.121. The van der Waals surface area contributed by atoms with Crippen molar-refractivity contribution >= 4 is 23.8 Å². The molecule has 2 heterocycles. The van der Waals surface area contributed by atoms with Gasteiger partial charge >= 0.3 is 6.03 Å². The van der Waals surface area contributed by atoms with Crippen LogP contribution in [0, 0.1) is 0 Å². The van der Waals surface area contributed by atoms with E-state index in [4.69, 9.17) is 4.42 Å². The van der Waals surface area contributed by atoms with Crippen molar-refractivity contribution < 1.29 is 14.0 Å². The number of carbonyl (C=O) groups is 2. The maximum Gasteiger partial charge on any atom is 0.349 e. The summed E-state index contributed by atoms with van der Waals surface area (Å²) in [4.78, 5) is 26.9. The van der Waals surface area contributed by atoms with Crippen LogP contribution in [0.1, 0.15) is 25.0 Å². The van der Waals surface area contributed by atoms with E-state index in [1.54, 1.807) is 36.4 Å². The van der Waals surface area contributed by atoms with Gasteiger partial charge in [0.25, 0.3) is 0 Å². The number of benzene rings is 1. The van der Waals surface area contributed by atoms with Gasteiger partial charge < -0.3 is 4.42 Å². The molecule has 0 aliphatic carbocycles. The fourth-order valence-electron chi connectivity index (χ4n) is 2.82. The van der Waals surface area contributed by atoms with Crippen LogP contribution in [0.4, 0.5) is 10.5 Å². The fraction of sp³-hybridized carbons (Fsp3) is 0.316. The number of amides is 3. The minimum absolute atomic E-state index is 0.219. The lowest BCUT2D eigenvalue weighted by Crippen LogP contribution is -2.46. The number of rotatable bonds is 5. The number of para-hydroxylation sites is 1. The van der Waals surface area contributed by atoms with Crippen LogP contribution in [-0.2, 0) is 4.79 Å². The molecule has 7 heteroatoms. The molecule has 3 rings (SSSR count). The minimum Gasteiger partial charge on any atom is -0.463 e. The second kappa shape index (κ2) is 8.96. The Hall–Kier alpha value is -2.93. The Labute approximate surface area is 152 Å². The zero-order chi connectivity index (χ0) is 18.2. The van der Waals surface area contributed by atoms with Crippen molar-refractivity contribution in [2.24, 2.45) is 5.10 Å². The molecule has 1 saturated heterocycles. The molecule has 0 radical (unpaired) electrons. The van der Waals surface area contributed by atoms with Crippen molar-refractivity contribution in [2.45, 2.75) is 19.3 Å². The second-order valence-corrected chi connectivity index (χ2v) is 6.10. The lowest BCUT2D eigenvalue weighted by Gasteiger charge is -2.25. The minimum atomic E-state index is -0.596. The number of carbonyl (C=O) groups excluding carboxylic acids is 2. The standard InChI is InChI=1S/C19H22N4O3/c24-18(15-22-11-5-2-6-12-22)21-19(25)23(16-8-3-1-4-9-16)20-14-17-10-7-13-26-17/h1,3-4,7-10,13-14H,2,5-6,11-12,15H2,(H,21,24,25). The van der Waals surface area contributed by atoms with E-state index in [0.717, 1.165) is 30.9 Å². The van der Waals surface area contributed by atoms with Crippen LogP contribution in [0.3, 0.4) is 0 Å². The second-order valence-electron chi connectivity index (χ2n) is 6.10. The van der Waals surface area contributed by atoms with Crippen LogP contribution in [0.5, 0.6) is 0 Å². The SMILES string of the molecule is O=C(CN1CCCCC1)NC(=O)N(N=Cc1ccco1)c1ccccc1. The van der Waals surface area contributed by atoms with Gasteiger partial charge in [-0.15, -0.1) is 0 Å². The van der Waals surface area contributed by atoms with Crippen LogP contribution < -0.4 is 10.3 Å². The third-order valence-electron chi connectivity index (χ3n) is 4.10. The van der Waals surface area contributed by atoms with Gasteiger partial charge in [-0.05, 0) is 50.2 Å². The number of hydrogen-bond donors (Lipinski definition) is 1. The smallest absolute Gasteiger partial charge is 0.349 e. The number of anilines is 1. The van der Waals surface area contributed by atoms with Gasteiger partial charge in [-0.2, -0.15) is 10.1 Å². The van der Waals surface area contributed by atoms with Gasteiger partial charge in [-0.1, -0.05) is 24.6 Å². The summed E-state index contributed by atoms with van der Waals surface area (Å²) in [5, 5.41) is 7.74. The summed E-state index contributed by atoms with van der Waals surface area (Å²) < 4.78 is 5.20. The van der Waals surface area contributed by atoms with Gasteiger partial charge in [0, 0.05) is 0 Å². The molecule has 0 saturated carbocycles. The molecule has 0 spiro atoms. The number of likely N-dealkylation sites (tertiary alicyclic amines) is 1. The summed E-state index contributed by atoms with van der Waals surface area (Å²) in [6.07, 6.45) is 6.33. The topological polar surface area (TPSA) is 78.2 Å². The zero-order valence-corrected chi connectivity index (χ0v) is 14.5. The van der Waals surface area contributed by atoms with Crippen LogP contribution in [-0.4, -0.2) is 42.7 Å². The van der Waals surface area contributed by atoms with Crippen molar-refractivity contribution in [3.05, 3.63) is 54.5 Å². The van der Waals surface area contributed by atoms with Gasteiger partial charge in [-0.25, -0.2) is 4.79 Å². The molecule has 136 valence electrons. The number of nitrogens with one attached hydrogen (secondary N) is 1. The molecule has 0 bridgehead atoms. The molecule has 1 N–H and O–H groups in total. The zero-order valence-electron chi connectivity index (χ0n) is 14.5. The molecule has 2 aromatic rings. The van der Waals surface area contributed by atoms with Gasteiger partial charge in [0.15, 0.2) is 0 Å². The first-order valence-electron chi connectivity index (χ1n) is 8.71. The molecule has 1 fully saturated rings. The normalized spacial score (nSPS) is 15.1. The molecule has 0 unspecified atom stereocenters. The molecular formula is C19H22N4O3. The van der Waals surface area contributed by atoms with Gasteiger partial charge in [-0.3, -0.25) is 15.0 Å². The maximum atomic E-state index is 12.6. The summed E-state index contributed by atoms with van der Waals surface area (Å²) in [6, 6.07) is 11.8. The molecule has 7 nitrogen and oxygen atoms in total. The third-order valence-corrected chi connectivity index (χ3v) is 4.10. The molecule has 1 aromatic heterocycles. The molecular weight excluding hydrogens is 332 g/mol. The molecule has 1 aromatic carbocycles. The van der Waals surface area contributed by atoms with E-state index in [-0.39, 0.29) is 12.5 Å². The van der Waals surface area contributed by atoms with Crippen LogP contribution in [0.15, 0.2) is 58.2 Å². The molecule has 1 aliphatic rings. The number of hydrazone groups is 1. The average Bonchev–Trinajstić information content (AvgIpc) is 3.17. The number of hydrogen-bond acceptors (Lipinski definition) is 5. The van der Waals surface area contributed by atoms with E-state index in [2.05, 4.69) is 15.3 Å². The summed E-state index contributed by atoms with van der Waals surface area (Å²) in [5.74, 6) is 0.185. The third kappa shape index (κ3) is 5.03. The Morgan fingerprint density at radius 3 is 2.58 bits per heavy atom. The Kier molecular flexibility index (Phi) is 6.16. The van der Waals surface area contributed by atoms with Crippen molar-refractivity contribution in [3.8, 4) is 0 Å². The van der Waals surface area contributed by atoms with Crippen molar-refractivity contribution in [3.63, 3.8) is 0 Å². The van der Waals surface area contributed by atoms with Crippen molar-refractivity contribution in [1.82, 2.24) is 10.2 Å². The Balaban J connectivity index is 1.67. The summed E-state index contributed by atoms with van der Waals surface area (Å²) in [5.41, 5.74) is 0.554. The summed E-state index contributed by atoms with van der Waals surface area (Å²) in [6.45, 7) is 2.00. The highest BCUT2D eigenvalue weighted by Crippen LogP contribution is 2.14. The van der Waals surface area contributed by atoms with E-state index >= 15 is 0 Å². The summed E-state index contributed by atoms with van der Waals surface area (Å²) >= 11 is 0. The van der Waals surface area contributed by atoms with Gasteiger partial charge in [0.05, 0.1) is 24.7 Å². The predicted octanol–water partition coefficient (Wildman–Crippen LogP) is 2.84. The Bertz CT molecular complexity index is 737. The number of piperidine rings is 1. The highest BCUT2D eigenvalue weighted by atomic mass is 16.3. The first kappa shape index (κ1) is 17.9. The van der Waals surface area contributed by atoms with Crippen molar-refractivity contribution in [2.75, 3.05) is 24.6 Å². The number of urea groups is 1. The Morgan fingerprint density at radius 2 is 1.88 bits per heavy atom. The first-order chi connectivity index (χ1) is 12.7. The van der Waals surface area contributed by atoms with E-state index < -0.39 is 6.03 Å². The van der Waals surface area contributed by atoms with E-state index in [0.29, 0.717) is 11.4 Å². The quantitative estimate of drug-likeness (QED) is 0.661. The number of imide groups is 1. The van der Waals surface area contributed by atoms with E-state index in [9.17, 15) is 9.59 Å². The lowest BCUT2D eigenvalue weighted by atomic mass is 10.1. The average molecular weight is 354 g/mol. The predicted molar refractivity (Wildman–Crippen MR) is 99.1 cm³/mol. The Morgan fingerprint density at radius 1 is 1.12 bits per heavy atom. The molecule has 3 amide bonds. The van der Waals surface area contributed by atoms with Crippen LogP contribution >= 0.6 is 0 Å². The first-order valence-corrected chi connectivity index (χ1v) is 8.71. The van der Waals surface area contributed by atoms with Crippen molar-refractivity contribution in [1.29, 1.82) is 0 Å². The highest BCUT2D eigenvalue weighted by Gasteiger charge is 2.20. The monoisotopic (exact) mass is 354 g/mol. The molecule has 1 aliphatic heterocycles. The van der Waals surface area contributed by atoms with Crippen LogP contribution in [0.25, 0.3) is 0 Å². The molecule has 26 heavy (non-hydrogen) atoms. The van der Waals surface area contributed by atoms with E-state index in [1.807, 2.05) is 6.07 Å². The molecule has 0 atom stereocenters. The van der Waals surface area contributed by atoms with Gasteiger partial charge in [0.1, 0.15) is 5.76 Å². The van der Waals surface area contributed by atoms with Gasteiger partial charge in [0.2, 0.25) is 5.91 Å². The van der Waals surface area contributed by atoms with E-state index in [1.165, 1.54) is 18.9 Å². The number of furan rings is 1. The largest absolute Gasteiger partial charge is 0.463 e. The summed E-state index contributed by atoms with van der Waals surface area (Å²) in [7, 11) is 0. The van der Waals surface area contributed by atoms with Crippen LogP contribution in [0.2, 0.25) is 0 Å². The number of nitrogens with zero attached hydrogens (tertiary/aromatic N) is 3.